The predicted molar refractivity (Wildman–Crippen MR) is 73.1 cm³/mol. The van der Waals surface area contributed by atoms with Gasteiger partial charge < -0.3 is 4.74 Å². The lowest BCUT2D eigenvalue weighted by atomic mass is 9.93. The highest BCUT2D eigenvalue weighted by Crippen LogP contribution is 2.47. The van der Waals surface area contributed by atoms with Crippen LogP contribution in [0.4, 0.5) is 4.79 Å². The Morgan fingerprint density at radius 2 is 2.05 bits per heavy atom. The summed E-state index contributed by atoms with van der Waals surface area (Å²) in [6.45, 7) is 0.764. The Hall–Kier alpha value is -1.81. The molecule has 2 aliphatic rings. The SMILES string of the molecule is O=C1O[C@H](c2ccccc2)[C@H]2c3ccsc3CCN12. The molecule has 4 heteroatoms. The van der Waals surface area contributed by atoms with Gasteiger partial charge in [0, 0.05) is 11.4 Å². The lowest BCUT2D eigenvalue weighted by molar-refractivity contribution is 0.130. The fourth-order valence-electron chi connectivity index (χ4n) is 3.01. The molecule has 0 saturated carbocycles. The second-order valence-corrected chi connectivity index (χ2v) is 5.90. The van der Waals surface area contributed by atoms with E-state index in [2.05, 4.69) is 11.4 Å². The molecule has 19 heavy (non-hydrogen) atoms. The highest BCUT2D eigenvalue weighted by atomic mass is 32.1. The molecule has 2 atom stereocenters. The van der Waals surface area contributed by atoms with Crippen LogP contribution in [0.5, 0.6) is 0 Å². The molecule has 0 spiro atoms. The van der Waals surface area contributed by atoms with Crippen molar-refractivity contribution in [2.75, 3.05) is 6.54 Å². The monoisotopic (exact) mass is 271 g/mol. The molecule has 0 N–H and O–H groups in total. The minimum absolute atomic E-state index is 0.0462. The van der Waals surface area contributed by atoms with Crippen molar-refractivity contribution in [1.82, 2.24) is 4.90 Å². The van der Waals surface area contributed by atoms with Gasteiger partial charge in [-0.2, -0.15) is 0 Å². The van der Waals surface area contributed by atoms with E-state index in [1.54, 1.807) is 11.3 Å². The summed E-state index contributed by atoms with van der Waals surface area (Å²) in [4.78, 5) is 15.3. The van der Waals surface area contributed by atoms with Crippen LogP contribution in [-0.2, 0) is 11.2 Å². The molecule has 2 aromatic rings. The van der Waals surface area contributed by atoms with Crippen molar-refractivity contribution < 1.29 is 9.53 Å². The summed E-state index contributed by atoms with van der Waals surface area (Å²) >= 11 is 1.78. The Morgan fingerprint density at radius 1 is 1.21 bits per heavy atom. The second-order valence-electron chi connectivity index (χ2n) is 4.90. The van der Waals surface area contributed by atoms with Crippen LogP contribution in [0, 0.1) is 0 Å². The predicted octanol–water partition coefficient (Wildman–Crippen LogP) is 3.54. The van der Waals surface area contributed by atoms with Gasteiger partial charge in [0.1, 0.15) is 6.04 Å². The first-order chi connectivity index (χ1) is 9.34. The number of ether oxygens (including phenoxy) is 1. The van der Waals surface area contributed by atoms with Crippen molar-refractivity contribution in [2.45, 2.75) is 18.6 Å². The zero-order valence-corrected chi connectivity index (χ0v) is 11.1. The summed E-state index contributed by atoms with van der Waals surface area (Å²) in [6, 6.07) is 12.2. The molecule has 0 aliphatic carbocycles. The topological polar surface area (TPSA) is 29.5 Å². The van der Waals surface area contributed by atoms with Crippen molar-refractivity contribution in [3.63, 3.8) is 0 Å². The van der Waals surface area contributed by atoms with E-state index in [1.807, 2.05) is 35.2 Å². The molecule has 1 aromatic heterocycles. The van der Waals surface area contributed by atoms with Gasteiger partial charge in [0.25, 0.3) is 0 Å². The van der Waals surface area contributed by atoms with E-state index in [-0.39, 0.29) is 18.2 Å². The van der Waals surface area contributed by atoms with Crippen molar-refractivity contribution in [3.05, 3.63) is 57.8 Å². The Labute approximate surface area is 115 Å². The molecule has 1 amide bonds. The average molecular weight is 271 g/mol. The van der Waals surface area contributed by atoms with E-state index in [0.717, 1.165) is 18.5 Å². The summed E-state index contributed by atoms with van der Waals surface area (Å²) in [7, 11) is 0. The number of fused-ring (bicyclic) bond motifs is 3. The van der Waals surface area contributed by atoms with E-state index < -0.39 is 0 Å². The van der Waals surface area contributed by atoms with Gasteiger partial charge in [0.15, 0.2) is 6.10 Å². The van der Waals surface area contributed by atoms with Crippen LogP contribution in [-0.4, -0.2) is 17.5 Å². The number of benzene rings is 1. The summed E-state index contributed by atoms with van der Waals surface area (Å²) in [5.74, 6) is 0. The Kier molecular flexibility index (Phi) is 2.38. The Bertz CT molecular complexity index is 622. The molecule has 0 unspecified atom stereocenters. The summed E-state index contributed by atoms with van der Waals surface area (Å²) in [5.41, 5.74) is 2.33. The Balaban J connectivity index is 1.81. The van der Waals surface area contributed by atoms with Gasteiger partial charge in [-0.3, -0.25) is 4.90 Å². The molecule has 0 bridgehead atoms. The maximum absolute atomic E-state index is 12.0. The van der Waals surface area contributed by atoms with E-state index >= 15 is 0 Å². The quantitative estimate of drug-likeness (QED) is 0.794. The summed E-state index contributed by atoms with van der Waals surface area (Å²) in [5, 5.41) is 2.11. The first-order valence-electron chi connectivity index (χ1n) is 6.43. The van der Waals surface area contributed by atoms with Crippen molar-refractivity contribution >= 4 is 17.4 Å². The van der Waals surface area contributed by atoms with Crippen LogP contribution in [0.15, 0.2) is 41.8 Å². The average Bonchev–Trinajstić information content (AvgIpc) is 3.04. The molecule has 1 aromatic carbocycles. The van der Waals surface area contributed by atoms with Gasteiger partial charge in [0.2, 0.25) is 0 Å². The van der Waals surface area contributed by atoms with Crippen LogP contribution in [0.3, 0.4) is 0 Å². The molecule has 0 radical (unpaired) electrons. The number of nitrogens with zero attached hydrogens (tertiary/aromatic N) is 1. The van der Waals surface area contributed by atoms with Gasteiger partial charge in [-0.1, -0.05) is 30.3 Å². The normalized spacial score (nSPS) is 24.8. The highest BCUT2D eigenvalue weighted by molar-refractivity contribution is 7.10. The maximum atomic E-state index is 12.0. The smallest absolute Gasteiger partial charge is 0.411 e. The fraction of sp³-hybridized carbons (Fsp3) is 0.267. The van der Waals surface area contributed by atoms with E-state index in [1.165, 1.54) is 10.4 Å². The standard InChI is InChI=1S/C15H13NO2S/c17-15-16-8-6-12-11(7-9-19-12)13(16)14(18-15)10-4-2-1-3-5-10/h1-5,7,9,13-14H,6,8H2/t13-,14-/m1/s1. The van der Waals surface area contributed by atoms with Gasteiger partial charge in [-0.05, 0) is 29.0 Å². The number of cyclic esters (lactones) is 1. The minimum atomic E-state index is -0.185. The zero-order valence-electron chi connectivity index (χ0n) is 10.3. The summed E-state index contributed by atoms with van der Waals surface area (Å²) in [6.07, 6.45) is 0.582. The lowest BCUT2D eigenvalue weighted by Crippen LogP contribution is -2.33. The highest BCUT2D eigenvalue weighted by Gasteiger charge is 2.46. The largest absolute Gasteiger partial charge is 0.439 e. The molecule has 1 saturated heterocycles. The summed E-state index contributed by atoms with van der Waals surface area (Å²) < 4.78 is 5.61. The first-order valence-corrected chi connectivity index (χ1v) is 7.31. The van der Waals surface area contributed by atoms with Crippen LogP contribution in [0.25, 0.3) is 0 Å². The van der Waals surface area contributed by atoms with Gasteiger partial charge in [0.05, 0.1) is 0 Å². The molecule has 3 nitrogen and oxygen atoms in total. The van der Waals surface area contributed by atoms with Gasteiger partial charge in [-0.15, -0.1) is 11.3 Å². The Morgan fingerprint density at radius 3 is 2.89 bits per heavy atom. The van der Waals surface area contributed by atoms with E-state index in [9.17, 15) is 4.79 Å². The molecule has 4 rings (SSSR count). The third-order valence-electron chi connectivity index (χ3n) is 3.89. The van der Waals surface area contributed by atoms with Crippen LogP contribution in [0.2, 0.25) is 0 Å². The molecular weight excluding hydrogens is 258 g/mol. The number of amides is 1. The number of carbonyl (C=O) groups excluding carboxylic acids is 1. The number of carbonyl (C=O) groups is 1. The van der Waals surface area contributed by atoms with Crippen LogP contribution in [0.1, 0.15) is 28.1 Å². The van der Waals surface area contributed by atoms with Crippen molar-refractivity contribution in [3.8, 4) is 0 Å². The van der Waals surface area contributed by atoms with Gasteiger partial charge in [-0.25, -0.2) is 4.79 Å². The number of hydrogen-bond donors (Lipinski definition) is 0. The molecule has 2 aliphatic heterocycles. The van der Waals surface area contributed by atoms with Gasteiger partial charge >= 0.3 is 6.09 Å². The van der Waals surface area contributed by atoms with Crippen molar-refractivity contribution in [1.29, 1.82) is 0 Å². The maximum Gasteiger partial charge on any atom is 0.411 e. The third-order valence-corrected chi connectivity index (χ3v) is 4.89. The van der Waals surface area contributed by atoms with Crippen LogP contribution >= 0.6 is 11.3 Å². The first kappa shape index (κ1) is 11.1. The van der Waals surface area contributed by atoms with E-state index in [0.29, 0.717) is 0 Å². The number of hydrogen-bond acceptors (Lipinski definition) is 3. The second kappa shape index (κ2) is 4.10. The minimum Gasteiger partial charge on any atom is -0.439 e. The number of rotatable bonds is 1. The molecule has 3 heterocycles. The molecular formula is C15H13NO2S. The third kappa shape index (κ3) is 1.60. The van der Waals surface area contributed by atoms with Crippen LogP contribution < -0.4 is 0 Å². The van der Waals surface area contributed by atoms with Crippen molar-refractivity contribution in [2.24, 2.45) is 0 Å². The molecule has 96 valence electrons. The number of thiophene rings is 1. The zero-order chi connectivity index (χ0) is 12.8. The van der Waals surface area contributed by atoms with E-state index in [4.69, 9.17) is 4.74 Å². The molecule has 1 fully saturated rings. The fourth-order valence-corrected chi connectivity index (χ4v) is 3.92. The lowest BCUT2D eigenvalue weighted by Gasteiger charge is -2.29.